The van der Waals surface area contributed by atoms with Crippen LogP contribution in [0.3, 0.4) is 0 Å². The number of esters is 1. The molecule has 0 spiro atoms. The van der Waals surface area contributed by atoms with Gasteiger partial charge in [0.25, 0.3) is 5.91 Å². The molecular weight excluding hydrogens is 592 g/mol. The zero-order valence-electron chi connectivity index (χ0n) is 26.8. The first-order valence-corrected chi connectivity index (χ1v) is 18.3. The molecule has 3 aromatic rings. The number of pyridine rings is 1. The van der Waals surface area contributed by atoms with Gasteiger partial charge in [0.05, 0.1) is 31.4 Å². The van der Waals surface area contributed by atoms with Crippen molar-refractivity contribution in [2.24, 2.45) is 4.99 Å². The van der Waals surface area contributed by atoms with Gasteiger partial charge in [-0.1, -0.05) is 19.2 Å². The number of hydrogen-bond acceptors (Lipinski definition) is 9. The summed E-state index contributed by atoms with van der Waals surface area (Å²) in [7, 11) is -1.77. The summed E-state index contributed by atoms with van der Waals surface area (Å²) in [4.78, 5) is 53.5. The van der Waals surface area contributed by atoms with E-state index >= 15 is 0 Å². The smallest absolute Gasteiger partial charge is 0.419 e. The van der Waals surface area contributed by atoms with E-state index in [-0.39, 0.29) is 36.3 Å². The molecule has 0 radical (unpaired) electrons. The van der Waals surface area contributed by atoms with E-state index in [2.05, 4.69) is 29.5 Å². The molecule has 0 saturated heterocycles. The molecule has 1 N–H and O–H groups in total. The van der Waals surface area contributed by atoms with Gasteiger partial charge in [-0.25, -0.2) is 24.1 Å². The van der Waals surface area contributed by atoms with Gasteiger partial charge in [-0.15, -0.1) is 0 Å². The monoisotopic (exact) mass is 632 g/mol. The number of allylic oxidation sites excluding steroid dienone is 1. The summed E-state index contributed by atoms with van der Waals surface area (Å²) >= 11 is 0. The van der Waals surface area contributed by atoms with Crippen molar-refractivity contribution >= 4 is 43.3 Å². The van der Waals surface area contributed by atoms with Crippen LogP contribution in [0.1, 0.15) is 54.5 Å². The molecule has 238 valence electrons. The molecule has 2 bridgehead atoms. The van der Waals surface area contributed by atoms with Crippen LogP contribution in [0.2, 0.25) is 24.7 Å². The first-order chi connectivity index (χ1) is 21.3. The SMILES string of the molecule is CCOC(=O)c1cc2nc(-c3nc4n(c3C)COCC[Si](C)(C)C3C=NC=CC(=C3)CNC4=O)ccc2n1C(=O)OC(C)(C)C. The molecular formula is C32H40N6O6Si. The van der Waals surface area contributed by atoms with Crippen LogP contribution < -0.4 is 5.32 Å². The van der Waals surface area contributed by atoms with Crippen molar-refractivity contribution in [2.75, 3.05) is 19.8 Å². The summed E-state index contributed by atoms with van der Waals surface area (Å²) in [5.41, 5.74) is 2.82. The zero-order valence-corrected chi connectivity index (χ0v) is 27.8. The lowest BCUT2D eigenvalue weighted by Crippen LogP contribution is -2.34. The fraction of sp³-hybridized carbons (Fsp3) is 0.438. The van der Waals surface area contributed by atoms with E-state index < -0.39 is 25.7 Å². The quantitative estimate of drug-likeness (QED) is 0.296. The molecule has 0 aliphatic carbocycles. The summed E-state index contributed by atoms with van der Waals surface area (Å²) in [6, 6.07) is 5.80. The number of aliphatic imine (C=N–C) groups is 1. The van der Waals surface area contributed by atoms with E-state index in [4.69, 9.17) is 24.2 Å². The lowest BCUT2D eigenvalue weighted by molar-refractivity contribution is 0.0454. The standard InChI is InChI=1S/C32H40N6O6Si/c1-8-43-30(40)26-16-24-25(38(26)31(41)44-32(3,4)5)10-9-23(35-24)27-20(2)37-19-42-13-14-45(6,7)22-15-21(11-12-33-18-22)17-34-29(39)28(37)36-27/h9-12,15-16,18,22H,8,13-14,17,19H2,1-7H3,(H,34,39). The number of imidazole rings is 1. The van der Waals surface area contributed by atoms with E-state index in [0.29, 0.717) is 41.3 Å². The van der Waals surface area contributed by atoms with E-state index in [9.17, 15) is 14.4 Å². The van der Waals surface area contributed by atoms with Crippen molar-refractivity contribution in [2.45, 2.75) is 71.6 Å². The Balaban J connectivity index is 1.54. The van der Waals surface area contributed by atoms with Crippen LogP contribution in [0, 0.1) is 6.92 Å². The maximum atomic E-state index is 13.5. The number of nitrogens with one attached hydrogen (secondary N) is 1. The zero-order chi connectivity index (χ0) is 32.5. The minimum Gasteiger partial charge on any atom is -0.461 e. The number of carbonyl (C=O) groups excluding carboxylic acids is 3. The molecule has 1 amide bonds. The van der Waals surface area contributed by atoms with Crippen LogP contribution in [0.25, 0.3) is 22.4 Å². The van der Waals surface area contributed by atoms with Gasteiger partial charge in [0.2, 0.25) is 5.82 Å². The second-order valence-electron chi connectivity index (χ2n) is 12.8. The van der Waals surface area contributed by atoms with Crippen molar-refractivity contribution in [3.8, 4) is 11.4 Å². The van der Waals surface area contributed by atoms with E-state index in [0.717, 1.165) is 11.6 Å². The highest BCUT2D eigenvalue weighted by molar-refractivity contribution is 6.81. The highest BCUT2D eigenvalue weighted by Gasteiger charge is 2.31. The minimum absolute atomic E-state index is 0.00360. The first kappa shape index (κ1) is 32.0. The van der Waals surface area contributed by atoms with Crippen molar-refractivity contribution < 1.29 is 28.6 Å². The number of fused-ring (bicyclic) bond motifs is 3. The lowest BCUT2D eigenvalue weighted by atomic mass is 10.2. The number of aromatic nitrogens is 4. The topological polar surface area (TPSA) is 139 Å². The molecule has 5 heterocycles. The third-order valence-corrected chi connectivity index (χ3v) is 11.5. The minimum atomic E-state index is -1.77. The normalized spacial score (nSPS) is 18.5. The van der Waals surface area contributed by atoms with Crippen molar-refractivity contribution in [3.05, 3.63) is 59.3 Å². The Morgan fingerprint density at radius 2 is 1.98 bits per heavy atom. The largest absolute Gasteiger partial charge is 0.461 e. The van der Waals surface area contributed by atoms with E-state index in [1.807, 2.05) is 19.2 Å². The molecule has 45 heavy (non-hydrogen) atoms. The Kier molecular flexibility index (Phi) is 8.94. The van der Waals surface area contributed by atoms with Crippen LogP contribution in [0.5, 0.6) is 0 Å². The maximum absolute atomic E-state index is 13.5. The van der Waals surface area contributed by atoms with Gasteiger partial charge in [-0.05, 0) is 70.5 Å². The summed E-state index contributed by atoms with van der Waals surface area (Å²) in [5.74, 6) is -0.818. The van der Waals surface area contributed by atoms with Crippen LogP contribution in [-0.2, 0) is 20.9 Å². The third kappa shape index (κ3) is 6.83. The summed E-state index contributed by atoms with van der Waals surface area (Å²) in [5, 5.41) is 3.01. The van der Waals surface area contributed by atoms with Gasteiger partial charge in [0.1, 0.15) is 23.7 Å². The maximum Gasteiger partial charge on any atom is 0.419 e. The number of ether oxygens (including phenoxy) is 3. The van der Waals surface area contributed by atoms with Gasteiger partial charge < -0.3 is 19.5 Å². The van der Waals surface area contributed by atoms with Crippen LogP contribution in [-0.4, -0.2) is 76.7 Å². The molecule has 0 aromatic carbocycles. The van der Waals surface area contributed by atoms with Gasteiger partial charge >= 0.3 is 12.1 Å². The molecule has 0 saturated carbocycles. The van der Waals surface area contributed by atoms with Gasteiger partial charge in [-0.2, -0.15) is 0 Å². The molecule has 1 unspecified atom stereocenters. The number of carbonyl (C=O) groups is 3. The van der Waals surface area contributed by atoms with Gasteiger partial charge in [0, 0.05) is 36.8 Å². The summed E-state index contributed by atoms with van der Waals surface area (Å²) < 4.78 is 19.8. The van der Waals surface area contributed by atoms with Crippen LogP contribution >= 0.6 is 0 Å². The second kappa shape index (κ2) is 12.6. The molecule has 0 fully saturated rings. The molecule has 5 rings (SSSR count). The fourth-order valence-corrected chi connectivity index (χ4v) is 7.42. The number of hydrogen-bond donors (Lipinski definition) is 1. The van der Waals surface area contributed by atoms with Crippen molar-refractivity contribution in [1.29, 1.82) is 0 Å². The Labute approximate surface area is 263 Å². The molecule has 2 aliphatic rings. The van der Waals surface area contributed by atoms with E-state index in [1.54, 1.807) is 50.6 Å². The third-order valence-electron chi connectivity index (χ3n) is 7.87. The second-order valence-corrected chi connectivity index (χ2v) is 17.9. The highest BCUT2D eigenvalue weighted by Crippen LogP contribution is 2.30. The summed E-state index contributed by atoms with van der Waals surface area (Å²) in [6.45, 7) is 14.6. The Morgan fingerprint density at radius 1 is 1.20 bits per heavy atom. The number of rotatable bonds is 3. The van der Waals surface area contributed by atoms with Crippen LogP contribution in [0.15, 0.2) is 47.1 Å². The van der Waals surface area contributed by atoms with Crippen LogP contribution in [0.4, 0.5) is 4.79 Å². The highest BCUT2D eigenvalue weighted by atomic mass is 28.3. The molecule has 1 atom stereocenters. The molecule has 3 aromatic heterocycles. The molecule has 12 nitrogen and oxygen atoms in total. The predicted octanol–water partition coefficient (Wildman–Crippen LogP) is 5.49. The number of nitrogens with zero attached hydrogens (tertiary/aromatic N) is 5. The number of amides is 1. The predicted molar refractivity (Wildman–Crippen MR) is 173 cm³/mol. The Hall–Kier alpha value is -4.36. The Bertz CT molecular complexity index is 1740. The average Bonchev–Trinajstić information content (AvgIpc) is 3.40. The fourth-order valence-electron chi connectivity index (χ4n) is 5.26. The van der Waals surface area contributed by atoms with Crippen molar-refractivity contribution in [1.82, 2.24) is 24.4 Å². The first-order valence-electron chi connectivity index (χ1n) is 15.1. The summed E-state index contributed by atoms with van der Waals surface area (Å²) in [6.07, 6.45) is 7.17. The Morgan fingerprint density at radius 3 is 2.71 bits per heavy atom. The molecule has 2 aliphatic heterocycles. The molecule has 13 heteroatoms. The lowest BCUT2D eigenvalue weighted by Gasteiger charge is -2.28. The van der Waals surface area contributed by atoms with Crippen molar-refractivity contribution in [3.63, 3.8) is 0 Å². The average molecular weight is 633 g/mol. The van der Waals surface area contributed by atoms with E-state index in [1.165, 1.54) is 10.6 Å². The van der Waals surface area contributed by atoms with Gasteiger partial charge in [0.15, 0.2) is 0 Å². The van der Waals surface area contributed by atoms with Gasteiger partial charge in [-0.3, -0.25) is 14.4 Å².